The number of hydrogen-bond donors (Lipinski definition) is 1. The Hall–Kier alpha value is -3.79. The zero-order chi connectivity index (χ0) is 24.9. The number of amides is 2. The number of carbonyl (C=O) groups excluding carboxylic acids is 2. The van der Waals surface area contributed by atoms with Crippen LogP contribution in [0.3, 0.4) is 0 Å². The minimum absolute atomic E-state index is 0.114. The highest BCUT2D eigenvalue weighted by atomic mass is 32.1. The molecule has 0 saturated heterocycles. The van der Waals surface area contributed by atoms with Gasteiger partial charge in [0.15, 0.2) is 6.04 Å². The molecule has 36 heavy (non-hydrogen) atoms. The number of furan rings is 1. The first-order chi connectivity index (χ1) is 17.6. The van der Waals surface area contributed by atoms with Crippen LogP contribution < -0.4 is 5.32 Å². The first-order valence-corrected chi connectivity index (χ1v) is 13.0. The van der Waals surface area contributed by atoms with Gasteiger partial charge in [-0.25, -0.2) is 0 Å². The lowest BCUT2D eigenvalue weighted by Crippen LogP contribution is -2.46. The van der Waals surface area contributed by atoms with E-state index in [2.05, 4.69) is 20.7 Å². The van der Waals surface area contributed by atoms with E-state index in [0.29, 0.717) is 11.6 Å². The lowest BCUT2D eigenvalue weighted by atomic mass is 10.1. The van der Waals surface area contributed by atoms with Crippen LogP contribution in [0.1, 0.15) is 47.9 Å². The van der Waals surface area contributed by atoms with Crippen LogP contribution in [0.15, 0.2) is 64.6 Å². The third-order valence-electron chi connectivity index (χ3n) is 6.34. The van der Waals surface area contributed by atoms with Gasteiger partial charge in [-0.15, -0.1) is 21.5 Å². The zero-order valence-corrected chi connectivity index (χ0v) is 20.9. The molecule has 9 nitrogen and oxygen atoms in total. The second kappa shape index (κ2) is 10.9. The molecule has 0 bridgehead atoms. The van der Waals surface area contributed by atoms with E-state index in [-0.39, 0.29) is 30.9 Å². The fraction of sp³-hybridized carbons (Fsp3) is 0.346. The first-order valence-electron chi connectivity index (χ1n) is 12.1. The van der Waals surface area contributed by atoms with E-state index in [1.807, 2.05) is 48.7 Å². The van der Waals surface area contributed by atoms with Crippen LogP contribution in [0.4, 0.5) is 0 Å². The van der Waals surface area contributed by atoms with Crippen LogP contribution >= 0.6 is 11.3 Å². The maximum Gasteiger partial charge on any atom is 0.250 e. The molecule has 1 N–H and O–H groups in total. The van der Waals surface area contributed by atoms with Crippen molar-refractivity contribution >= 4 is 23.2 Å². The number of aryl methyl sites for hydroxylation is 1. The van der Waals surface area contributed by atoms with Crippen LogP contribution in [0.25, 0.3) is 11.4 Å². The van der Waals surface area contributed by atoms with Gasteiger partial charge in [-0.2, -0.15) is 4.80 Å². The van der Waals surface area contributed by atoms with Crippen molar-refractivity contribution in [1.29, 1.82) is 0 Å². The van der Waals surface area contributed by atoms with E-state index < -0.39 is 6.04 Å². The number of benzene rings is 1. The number of rotatable bonds is 9. The Morgan fingerprint density at radius 2 is 1.97 bits per heavy atom. The van der Waals surface area contributed by atoms with E-state index in [0.717, 1.165) is 41.7 Å². The average molecular weight is 505 g/mol. The smallest absolute Gasteiger partial charge is 0.250 e. The molecule has 5 rings (SSSR count). The predicted molar refractivity (Wildman–Crippen MR) is 135 cm³/mol. The third kappa shape index (κ3) is 5.54. The molecule has 1 atom stereocenters. The highest BCUT2D eigenvalue weighted by Gasteiger charge is 2.35. The molecule has 1 aromatic carbocycles. The molecule has 10 heteroatoms. The molecule has 2 amide bonds. The second-order valence-electron chi connectivity index (χ2n) is 9.02. The van der Waals surface area contributed by atoms with E-state index in [1.165, 1.54) is 22.4 Å². The summed E-state index contributed by atoms with van der Waals surface area (Å²) in [7, 11) is 0. The predicted octanol–water partition coefficient (Wildman–Crippen LogP) is 4.13. The van der Waals surface area contributed by atoms with Crippen LogP contribution in [0.5, 0.6) is 0 Å². The SMILES string of the molecule is Cc1ccc(-c2nnn(CC(=O)N(Cc3cccs3)[C@H](C(=O)NC3CCCC3)c3ccco3)n2)cc1. The number of nitrogens with zero attached hydrogens (tertiary/aromatic N) is 5. The fourth-order valence-corrected chi connectivity index (χ4v) is 5.16. The molecule has 0 unspecified atom stereocenters. The largest absolute Gasteiger partial charge is 0.467 e. The Labute approximate surface area is 213 Å². The minimum atomic E-state index is -0.907. The Morgan fingerprint density at radius 3 is 2.67 bits per heavy atom. The monoisotopic (exact) mass is 504 g/mol. The fourth-order valence-electron chi connectivity index (χ4n) is 4.46. The number of carbonyl (C=O) groups is 2. The standard InChI is InChI=1S/C26H28N6O3S/c1-18-10-12-19(13-11-18)25-28-30-32(29-25)17-23(33)31(16-21-8-5-15-36-21)24(22-9-4-14-35-22)26(34)27-20-6-2-3-7-20/h4-5,8-15,20,24H,2-3,6-7,16-17H2,1H3,(H,27,34)/t24-/m0/s1. The molecule has 0 spiro atoms. The number of nitrogens with one attached hydrogen (secondary N) is 1. The summed E-state index contributed by atoms with van der Waals surface area (Å²) >= 11 is 1.53. The van der Waals surface area contributed by atoms with Gasteiger partial charge in [-0.1, -0.05) is 48.7 Å². The van der Waals surface area contributed by atoms with Crippen molar-refractivity contribution in [3.05, 3.63) is 76.4 Å². The topological polar surface area (TPSA) is 106 Å². The summed E-state index contributed by atoms with van der Waals surface area (Å²) in [5, 5.41) is 17.7. The van der Waals surface area contributed by atoms with Crippen LogP contribution in [0, 0.1) is 6.92 Å². The maximum absolute atomic E-state index is 13.7. The highest BCUT2D eigenvalue weighted by molar-refractivity contribution is 7.09. The van der Waals surface area contributed by atoms with Gasteiger partial charge < -0.3 is 14.6 Å². The lowest BCUT2D eigenvalue weighted by molar-refractivity contribution is -0.143. The Balaban J connectivity index is 1.41. The molecule has 1 aliphatic carbocycles. The summed E-state index contributed by atoms with van der Waals surface area (Å²) in [6.07, 6.45) is 5.59. The molecular weight excluding hydrogens is 476 g/mol. The molecule has 1 aliphatic rings. The van der Waals surface area contributed by atoms with Gasteiger partial charge in [0.05, 0.1) is 12.8 Å². The average Bonchev–Trinajstić information content (AvgIpc) is 3.68. The second-order valence-corrected chi connectivity index (χ2v) is 10.1. The molecule has 3 heterocycles. The number of thiophene rings is 1. The quantitative estimate of drug-likeness (QED) is 0.367. The molecule has 0 radical (unpaired) electrons. The molecule has 4 aromatic rings. The van der Waals surface area contributed by atoms with Crippen molar-refractivity contribution in [1.82, 2.24) is 30.4 Å². The summed E-state index contributed by atoms with van der Waals surface area (Å²) in [6.45, 7) is 2.12. The van der Waals surface area contributed by atoms with Gasteiger partial charge in [-0.05, 0) is 48.6 Å². The van der Waals surface area contributed by atoms with Gasteiger partial charge in [0.2, 0.25) is 11.7 Å². The van der Waals surface area contributed by atoms with Gasteiger partial charge in [0.25, 0.3) is 5.91 Å². The van der Waals surface area contributed by atoms with E-state index in [9.17, 15) is 9.59 Å². The van der Waals surface area contributed by atoms with Gasteiger partial charge in [0, 0.05) is 16.5 Å². The van der Waals surface area contributed by atoms with Crippen molar-refractivity contribution in [3.63, 3.8) is 0 Å². The van der Waals surface area contributed by atoms with Gasteiger partial charge >= 0.3 is 0 Å². The van der Waals surface area contributed by atoms with Gasteiger partial charge in [0.1, 0.15) is 12.3 Å². The summed E-state index contributed by atoms with van der Waals surface area (Å²) < 4.78 is 5.65. The minimum Gasteiger partial charge on any atom is -0.467 e. The van der Waals surface area contributed by atoms with E-state index in [1.54, 1.807) is 17.0 Å². The first kappa shape index (κ1) is 23.9. The molecule has 1 saturated carbocycles. The van der Waals surface area contributed by atoms with E-state index >= 15 is 0 Å². The molecule has 186 valence electrons. The Bertz CT molecular complexity index is 1280. The van der Waals surface area contributed by atoms with Crippen molar-refractivity contribution in [2.45, 2.75) is 57.8 Å². The molecule has 3 aromatic heterocycles. The Kier molecular flexibility index (Phi) is 7.22. The van der Waals surface area contributed by atoms with E-state index in [4.69, 9.17) is 4.42 Å². The van der Waals surface area contributed by atoms with Crippen molar-refractivity contribution in [3.8, 4) is 11.4 Å². The summed E-state index contributed by atoms with van der Waals surface area (Å²) in [6, 6.07) is 14.3. The number of tetrazole rings is 1. The summed E-state index contributed by atoms with van der Waals surface area (Å²) in [4.78, 5) is 31.0. The van der Waals surface area contributed by atoms with Crippen molar-refractivity contribution < 1.29 is 14.0 Å². The number of aromatic nitrogens is 4. The lowest BCUT2D eigenvalue weighted by Gasteiger charge is -2.30. The van der Waals surface area contributed by atoms with Crippen LogP contribution in [-0.4, -0.2) is 43.0 Å². The summed E-state index contributed by atoms with van der Waals surface area (Å²) in [5.41, 5.74) is 1.95. The number of hydrogen-bond acceptors (Lipinski definition) is 7. The van der Waals surface area contributed by atoms with Crippen LogP contribution in [-0.2, 0) is 22.7 Å². The van der Waals surface area contributed by atoms with Crippen LogP contribution in [0.2, 0.25) is 0 Å². The third-order valence-corrected chi connectivity index (χ3v) is 7.20. The highest BCUT2D eigenvalue weighted by Crippen LogP contribution is 2.27. The maximum atomic E-state index is 13.7. The molecular formula is C26H28N6O3S. The van der Waals surface area contributed by atoms with Gasteiger partial charge in [-0.3, -0.25) is 9.59 Å². The molecule has 1 fully saturated rings. The normalized spacial score (nSPS) is 14.6. The Morgan fingerprint density at radius 1 is 1.17 bits per heavy atom. The van der Waals surface area contributed by atoms with Crippen molar-refractivity contribution in [2.75, 3.05) is 0 Å². The summed E-state index contributed by atoms with van der Waals surface area (Å²) in [5.74, 6) is 0.310. The zero-order valence-electron chi connectivity index (χ0n) is 20.0. The van der Waals surface area contributed by atoms with Crippen molar-refractivity contribution in [2.24, 2.45) is 0 Å². The molecule has 0 aliphatic heterocycles.